The fourth-order valence-electron chi connectivity index (χ4n) is 2.44. The summed E-state index contributed by atoms with van der Waals surface area (Å²) in [4.78, 5) is 23.4. The lowest BCUT2D eigenvalue weighted by Crippen LogP contribution is -2.39. The SMILES string of the molecule is CC(OCC1CC1)C(=O)NS(=O)(=O)c1ccc2c(c1)CCC(=O)N2. The number of hydrogen-bond donors (Lipinski definition) is 2. The second-order valence-electron chi connectivity index (χ2n) is 6.26. The molecule has 0 saturated heterocycles. The largest absolute Gasteiger partial charge is 0.368 e. The highest BCUT2D eigenvalue weighted by atomic mass is 32.2. The molecule has 1 atom stereocenters. The van der Waals surface area contributed by atoms with Gasteiger partial charge >= 0.3 is 0 Å². The summed E-state index contributed by atoms with van der Waals surface area (Å²) in [6.07, 6.45) is 2.16. The lowest BCUT2D eigenvalue weighted by atomic mass is 10.0. The molecule has 1 fully saturated rings. The van der Waals surface area contributed by atoms with Crippen LogP contribution in [0.1, 0.15) is 31.7 Å². The van der Waals surface area contributed by atoms with E-state index in [2.05, 4.69) is 10.0 Å². The second-order valence-corrected chi connectivity index (χ2v) is 7.94. The van der Waals surface area contributed by atoms with Crippen LogP contribution in [0, 0.1) is 5.92 Å². The van der Waals surface area contributed by atoms with E-state index in [9.17, 15) is 18.0 Å². The molecular formula is C16H20N2O5S. The van der Waals surface area contributed by atoms with Crippen LogP contribution in [0.3, 0.4) is 0 Å². The standard InChI is InChI=1S/C16H20N2O5S/c1-10(23-9-11-2-3-11)16(20)18-24(21,22)13-5-6-14-12(8-13)4-7-15(19)17-14/h5-6,8,10-11H,2-4,7,9H2,1H3,(H,17,19)(H,18,20). The Morgan fingerprint density at radius 3 is 2.83 bits per heavy atom. The van der Waals surface area contributed by atoms with E-state index in [1.165, 1.54) is 19.1 Å². The molecule has 0 spiro atoms. The first kappa shape index (κ1) is 16.9. The van der Waals surface area contributed by atoms with Gasteiger partial charge in [0.05, 0.1) is 11.5 Å². The highest BCUT2D eigenvalue weighted by molar-refractivity contribution is 7.90. The van der Waals surface area contributed by atoms with Crippen LogP contribution in [0.4, 0.5) is 5.69 Å². The van der Waals surface area contributed by atoms with Crippen LogP contribution >= 0.6 is 0 Å². The average molecular weight is 352 g/mol. The number of anilines is 1. The molecule has 0 radical (unpaired) electrons. The third-order valence-electron chi connectivity index (χ3n) is 4.17. The molecule has 130 valence electrons. The Kier molecular flexibility index (Phi) is 4.60. The zero-order valence-corrected chi connectivity index (χ0v) is 14.2. The molecule has 2 aliphatic rings. The number of fused-ring (bicyclic) bond motifs is 1. The van der Waals surface area contributed by atoms with Crippen molar-refractivity contribution in [2.75, 3.05) is 11.9 Å². The minimum atomic E-state index is -3.97. The van der Waals surface area contributed by atoms with Crippen LogP contribution < -0.4 is 10.0 Å². The van der Waals surface area contributed by atoms with Crippen molar-refractivity contribution in [3.05, 3.63) is 23.8 Å². The first-order valence-corrected chi connectivity index (χ1v) is 9.44. The predicted molar refractivity (Wildman–Crippen MR) is 86.9 cm³/mol. The molecule has 3 rings (SSSR count). The van der Waals surface area contributed by atoms with Crippen molar-refractivity contribution >= 4 is 27.5 Å². The number of aryl methyl sites for hydroxylation is 1. The lowest BCUT2D eigenvalue weighted by Gasteiger charge is -2.18. The fourth-order valence-corrected chi connectivity index (χ4v) is 3.54. The summed E-state index contributed by atoms with van der Waals surface area (Å²) in [7, 11) is -3.97. The number of nitrogens with one attached hydrogen (secondary N) is 2. The molecule has 2 amide bonds. The summed E-state index contributed by atoms with van der Waals surface area (Å²) >= 11 is 0. The van der Waals surface area contributed by atoms with Gasteiger partial charge in [-0.05, 0) is 55.9 Å². The predicted octanol–water partition coefficient (Wildman–Crippen LogP) is 1.19. The third kappa shape index (κ3) is 3.93. The Morgan fingerprint density at radius 2 is 2.12 bits per heavy atom. The monoisotopic (exact) mass is 352 g/mol. The van der Waals surface area contributed by atoms with Crippen molar-refractivity contribution in [3.63, 3.8) is 0 Å². The third-order valence-corrected chi connectivity index (χ3v) is 5.51. The molecule has 0 aromatic heterocycles. The first-order chi connectivity index (χ1) is 11.3. The average Bonchev–Trinajstić information content (AvgIpc) is 3.35. The van der Waals surface area contributed by atoms with Crippen LogP contribution in [0.5, 0.6) is 0 Å². The van der Waals surface area contributed by atoms with Gasteiger partial charge in [0.25, 0.3) is 15.9 Å². The van der Waals surface area contributed by atoms with Crippen LogP contribution in [-0.2, 0) is 30.8 Å². The molecule has 1 unspecified atom stereocenters. The van der Waals surface area contributed by atoms with Crippen molar-refractivity contribution in [2.24, 2.45) is 5.92 Å². The number of benzene rings is 1. The van der Waals surface area contributed by atoms with Gasteiger partial charge in [-0.15, -0.1) is 0 Å². The molecule has 8 heteroatoms. The summed E-state index contributed by atoms with van der Waals surface area (Å²) in [6.45, 7) is 2.02. The lowest BCUT2D eigenvalue weighted by molar-refractivity contribution is -0.130. The van der Waals surface area contributed by atoms with Gasteiger partial charge in [0, 0.05) is 12.1 Å². The Morgan fingerprint density at radius 1 is 1.38 bits per heavy atom. The molecule has 24 heavy (non-hydrogen) atoms. The number of carbonyl (C=O) groups is 2. The van der Waals surface area contributed by atoms with Crippen molar-refractivity contribution in [3.8, 4) is 0 Å². The van der Waals surface area contributed by atoms with Gasteiger partial charge in [0.15, 0.2) is 0 Å². The Balaban J connectivity index is 1.68. The van der Waals surface area contributed by atoms with E-state index in [4.69, 9.17) is 4.74 Å². The Bertz CT molecular complexity index is 771. The fraction of sp³-hybridized carbons (Fsp3) is 0.500. The van der Waals surface area contributed by atoms with Gasteiger partial charge in [-0.3, -0.25) is 9.59 Å². The van der Waals surface area contributed by atoms with Gasteiger partial charge in [-0.25, -0.2) is 13.1 Å². The topological polar surface area (TPSA) is 102 Å². The van der Waals surface area contributed by atoms with E-state index >= 15 is 0 Å². The molecular weight excluding hydrogens is 332 g/mol. The molecule has 7 nitrogen and oxygen atoms in total. The van der Waals surface area contributed by atoms with Crippen molar-refractivity contribution < 1.29 is 22.7 Å². The normalized spacial score (nSPS) is 18.5. The summed E-state index contributed by atoms with van der Waals surface area (Å²) < 4.78 is 32.2. The molecule has 2 N–H and O–H groups in total. The smallest absolute Gasteiger partial charge is 0.264 e. The van der Waals surface area contributed by atoms with E-state index in [1.807, 2.05) is 0 Å². The number of carbonyl (C=O) groups excluding carboxylic acids is 2. The van der Waals surface area contributed by atoms with Gasteiger partial charge < -0.3 is 10.1 Å². The van der Waals surface area contributed by atoms with E-state index in [0.717, 1.165) is 18.4 Å². The maximum absolute atomic E-state index is 12.4. The quantitative estimate of drug-likeness (QED) is 0.801. The second kappa shape index (κ2) is 6.52. The van der Waals surface area contributed by atoms with Crippen LogP contribution in [-0.4, -0.2) is 32.9 Å². The minimum absolute atomic E-state index is 0.000131. The maximum atomic E-state index is 12.4. The molecule has 1 aromatic rings. The Labute approximate surface area is 140 Å². The van der Waals surface area contributed by atoms with Crippen LogP contribution in [0.2, 0.25) is 0 Å². The highest BCUT2D eigenvalue weighted by Crippen LogP contribution is 2.29. The van der Waals surface area contributed by atoms with Crippen molar-refractivity contribution in [1.29, 1.82) is 0 Å². The van der Waals surface area contributed by atoms with Gasteiger partial charge in [-0.2, -0.15) is 0 Å². The summed E-state index contributed by atoms with van der Waals surface area (Å²) in [5, 5.41) is 2.69. The number of rotatable bonds is 6. The number of ether oxygens (including phenoxy) is 1. The van der Waals surface area contributed by atoms with Crippen molar-refractivity contribution in [1.82, 2.24) is 4.72 Å². The number of hydrogen-bond acceptors (Lipinski definition) is 5. The van der Waals surface area contributed by atoms with Crippen molar-refractivity contribution in [2.45, 2.75) is 43.6 Å². The van der Waals surface area contributed by atoms with E-state index < -0.39 is 22.0 Å². The van der Waals surface area contributed by atoms with Crippen LogP contribution in [0.25, 0.3) is 0 Å². The molecule has 1 aliphatic heterocycles. The zero-order chi connectivity index (χ0) is 17.3. The Hall–Kier alpha value is -1.93. The summed E-state index contributed by atoms with van der Waals surface area (Å²) in [5.74, 6) is -0.276. The zero-order valence-electron chi connectivity index (χ0n) is 13.4. The van der Waals surface area contributed by atoms with E-state index in [0.29, 0.717) is 31.1 Å². The molecule has 0 bridgehead atoms. The molecule has 1 aliphatic carbocycles. The number of amides is 2. The van der Waals surface area contributed by atoms with Gasteiger partial charge in [0.1, 0.15) is 6.10 Å². The van der Waals surface area contributed by atoms with E-state index in [-0.39, 0.29) is 10.8 Å². The first-order valence-electron chi connectivity index (χ1n) is 7.96. The number of sulfonamides is 1. The molecule has 1 saturated carbocycles. The molecule has 1 heterocycles. The molecule has 1 aromatic carbocycles. The maximum Gasteiger partial charge on any atom is 0.264 e. The summed E-state index contributed by atoms with van der Waals surface area (Å²) in [6, 6.07) is 4.40. The minimum Gasteiger partial charge on any atom is -0.368 e. The van der Waals surface area contributed by atoms with Gasteiger partial charge in [-0.1, -0.05) is 0 Å². The van der Waals surface area contributed by atoms with Gasteiger partial charge in [0.2, 0.25) is 5.91 Å². The van der Waals surface area contributed by atoms with Crippen LogP contribution in [0.15, 0.2) is 23.1 Å². The summed E-state index contributed by atoms with van der Waals surface area (Å²) in [5.41, 5.74) is 1.35. The highest BCUT2D eigenvalue weighted by Gasteiger charge is 2.27. The van der Waals surface area contributed by atoms with E-state index in [1.54, 1.807) is 6.07 Å².